The Morgan fingerprint density at radius 2 is 1.64 bits per heavy atom. The summed E-state index contributed by atoms with van der Waals surface area (Å²) in [7, 11) is -0.927. The van der Waals surface area contributed by atoms with Crippen LogP contribution < -0.4 is 10.1 Å². The summed E-state index contributed by atoms with van der Waals surface area (Å²) in [4.78, 5) is 27.6. The van der Waals surface area contributed by atoms with Gasteiger partial charge in [-0.1, -0.05) is 36.8 Å². The first-order valence-electron chi connectivity index (χ1n) is 10.9. The summed E-state index contributed by atoms with van der Waals surface area (Å²) in [6.07, 6.45) is 0.391. The van der Waals surface area contributed by atoms with Gasteiger partial charge in [0.05, 0.1) is 18.6 Å². The van der Waals surface area contributed by atoms with E-state index in [9.17, 15) is 18.0 Å². The van der Waals surface area contributed by atoms with Crippen LogP contribution in [0.3, 0.4) is 0 Å². The fourth-order valence-corrected chi connectivity index (χ4v) is 4.52. The number of nitrogens with one attached hydrogen (secondary N) is 1. The Bertz CT molecular complexity index is 1040. The lowest BCUT2D eigenvalue weighted by atomic mass is 10.1. The highest BCUT2D eigenvalue weighted by Gasteiger charge is 2.31. The second-order valence-corrected chi connectivity index (χ2v) is 9.81. The average Bonchev–Trinajstić information content (AvgIpc) is 2.79. The summed E-state index contributed by atoms with van der Waals surface area (Å²) in [6, 6.07) is 12.9. The highest BCUT2D eigenvalue weighted by Crippen LogP contribution is 2.19. The van der Waals surface area contributed by atoms with Crippen LogP contribution in [0.25, 0.3) is 0 Å². The molecule has 2 aromatic rings. The molecule has 2 amide bonds. The van der Waals surface area contributed by atoms with Crippen LogP contribution in [0.1, 0.15) is 31.4 Å². The molecule has 0 aliphatic heterocycles. The molecule has 9 heteroatoms. The van der Waals surface area contributed by atoms with Crippen molar-refractivity contribution in [3.8, 4) is 5.75 Å². The molecule has 0 spiro atoms. The van der Waals surface area contributed by atoms with Crippen LogP contribution in [0.5, 0.6) is 5.75 Å². The first kappa shape index (κ1) is 26.3. The van der Waals surface area contributed by atoms with Gasteiger partial charge in [0.1, 0.15) is 11.8 Å². The van der Waals surface area contributed by atoms with Gasteiger partial charge in [-0.2, -0.15) is 4.31 Å². The fourth-order valence-electron chi connectivity index (χ4n) is 3.40. The van der Waals surface area contributed by atoms with Gasteiger partial charge < -0.3 is 15.0 Å². The number of carbonyl (C=O) groups excluding carboxylic acids is 2. The number of nitrogens with zero attached hydrogens (tertiary/aromatic N) is 2. The van der Waals surface area contributed by atoms with Crippen molar-refractivity contribution in [2.45, 2.75) is 44.7 Å². The Hall–Kier alpha value is -2.91. The topological polar surface area (TPSA) is 96.0 Å². The fraction of sp³-hybridized carbons (Fsp3) is 0.417. The Kier molecular flexibility index (Phi) is 9.43. The van der Waals surface area contributed by atoms with Gasteiger partial charge in [-0.25, -0.2) is 8.42 Å². The molecule has 0 fully saturated rings. The highest BCUT2D eigenvalue weighted by atomic mass is 32.2. The summed E-state index contributed by atoms with van der Waals surface area (Å²) in [5.74, 6) is -0.0515. The summed E-state index contributed by atoms with van der Waals surface area (Å²) in [6.45, 7) is 5.71. The minimum absolute atomic E-state index is 0.112. The van der Waals surface area contributed by atoms with Gasteiger partial charge in [-0.15, -0.1) is 0 Å². The van der Waals surface area contributed by atoms with Crippen molar-refractivity contribution in [1.29, 1.82) is 0 Å². The van der Waals surface area contributed by atoms with E-state index in [0.717, 1.165) is 15.4 Å². The predicted molar refractivity (Wildman–Crippen MR) is 127 cm³/mol. The van der Waals surface area contributed by atoms with Crippen molar-refractivity contribution < 1.29 is 22.7 Å². The van der Waals surface area contributed by atoms with E-state index in [1.807, 2.05) is 32.9 Å². The van der Waals surface area contributed by atoms with Crippen LogP contribution in [0, 0.1) is 6.92 Å². The van der Waals surface area contributed by atoms with E-state index in [0.29, 0.717) is 18.7 Å². The van der Waals surface area contributed by atoms with Crippen molar-refractivity contribution in [1.82, 2.24) is 14.5 Å². The maximum atomic E-state index is 13.3. The minimum Gasteiger partial charge on any atom is -0.497 e. The molecule has 8 nitrogen and oxygen atoms in total. The quantitative estimate of drug-likeness (QED) is 0.539. The van der Waals surface area contributed by atoms with Crippen LogP contribution in [-0.4, -0.2) is 62.7 Å². The third-order valence-electron chi connectivity index (χ3n) is 5.34. The predicted octanol–water partition coefficient (Wildman–Crippen LogP) is 2.57. The Labute approximate surface area is 196 Å². The maximum absolute atomic E-state index is 13.3. The number of hydrogen-bond acceptors (Lipinski definition) is 5. The van der Waals surface area contributed by atoms with Crippen molar-refractivity contribution in [2.24, 2.45) is 0 Å². The van der Waals surface area contributed by atoms with E-state index in [1.165, 1.54) is 24.1 Å². The summed E-state index contributed by atoms with van der Waals surface area (Å²) in [5.41, 5.74) is 1.74. The van der Waals surface area contributed by atoms with Gasteiger partial charge in [0.2, 0.25) is 21.8 Å². The summed E-state index contributed by atoms with van der Waals surface area (Å²) in [5, 5.41) is 2.77. The molecule has 0 heterocycles. The van der Waals surface area contributed by atoms with Crippen LogP contribution in [0.2, 0.25) is 0 Å². The molecule has 1 unspecified atom stereocenters. The van der Waals surface area contributed by atoms with Crippen LogP contribution in [0.4, 0.5) is 0 Å². The molecule has 0 radical (unpaired) electrons. The van der Waals surface area contributed by atoms with E-state index >= 15 is 0 Å². The van der Waals surface area contributed by atoms with E-state index in [1.54, 1.807) is 31.4 Å². The van der Waals surface area contributed by atoms with E-state index in [4.69, 9.17) is 4.74 Å². The van der Waals surface area contributed by atoms with Gasteiger partial charge in [0.25, 0.3) is 0 Å². The Morgan fingerprint density at radius 3 is 2.15 bits per heavy atom. The minimum atomic E-state index is -3.86. The van der Waals surface area contributed by atoms with E-state index < -0.39 is 22.0 Å². The lowest BCUT2D eigenvalue weighted by Crippen LogP contribution is -2.51. The van der Waals surface area contributed by atoms with Gasteiger partial charge in [-0.3, -0.25) is 9.59 Å². The van der Waals surface area contributed by atoms with Gasteiger partial charge in [-0.05, 0) is 50.1 Å². The molecule has 0 aliphatic rings. The summed E-state index contributed by atoms with van der Waals surface area (Å²) >= 11 is 0. The standard InChI is InChI=1S/C24H33N3O5S/c1-6-22(24(29)25-7-2)27(16-19-10-12-20(32-5)13-11-19)23(28)17-26(4)33(30,31)21-14-8-18(3)9-15-21/h8-15,22H,6-7,16-17H2,1-5H3,(H,25,29). The molecule has 0 saturated heterocycles. The maximum Gasteiger partial charge on any atom is 0.243 e. The van der Waals surface area contributed by atoms with Gasteiger partial charge in [0.15, 0.2) is 0 Å². The largest absolute Gasteiger partial charge is 0.497 e. The number of benzene rings is 2. The number of ether oxygens (including phenoxy) is 1. The van der Waals surface area contributed by atoms with Crippen LogP contribution in [0.15, 0.2) is 53.4 Å². The number of hydrogen-bond donors (Lipinski definition) is 1. The Morgan fingerprint density at radius 1 is 1.03 bits per heavy atom. The second kappa shape index (κ2) is 11.8. The first-order valence-corrected chi connectivity index (χ1v) is 12.3. The summed E-state index contributed by atoms with van der Waals surface area (Å²) < 4.78 is 32.1. The van der Waals surface area contributed by atoms with Crippen molar-refractivity contribution in [3.63, 3.8) is 0 Å². The van der Waals surface area contributed by atoms with Gasteiger partial charge >= 0.3 is 0 Å². The number of rotatable bonds is 11. The SMILES string of the molecule is CCNC(=O)C(CC)N(Cc1ccc(OC)cc1)C(=O)CN(C)S(=O)(=O)c1ccc(C)cc1. The molecular formula is C24H33N3O5S. The second-order valence-electron chi connectivity index (χ2n) is 7.76. The van der Waals surface area contributed by atoms with Crippen LogP contribution >= 0.6 is 0 Å². The molecule has 0 saturated carbocycles. The van der Waals surface area contributed by atoms with E-state index in [2.05, 4.69) is 5.32 Å². The third kappa shape index (κ3) is 6.79. The number of methoxy groups -OCH3 is 1. The number of carbonyl (C=O) groups is 2. The zero-order valence-electron chi connectivity index (χ0n) is 19.9. The van der Waals surface area contributed by atoms with Crippen molar-refractivity contribution in [2.75, 3.05) is 27.2 Å². The molecule has 2 rings (SSSR count). The molecular weight excluding hydrogens is 442 g/mol. The third-order valence-corrected chi connectivity index (χ3v) is 7.15. The number of likely N-dealkylation sites (N-methyl/N-ethyl adjacent to an activating group) is 2. The van der Waals surface area contributed by atoms with Crippen LogP contribution in [-0.2, 0) is 26.2 Å². The Balaban J connectivity index is 2.30. The monoisotopic (exact) mass is 475 g/mol. The molecule has 0 bridgehead atoms. The zero-order chi connectivity index (χ0) is 24.6. The molecule has 180 valence electrons. The van der Waals surface area contributed by atoms with Crippen molar-refractivity contribution >= 4 is 21.8 Å². The molecule has 33 heavy (non-hydrogen) atoms. The van der Waals surface area contributed by atoms with Crippen molar-refractivity contribution in [3.05, 3.63) is 59.7 Å². The highest BCUT2D eigenvalue weighted by molar-refractivity contribution is 7.89. The molecule has 0 aromatic heterocycles. The first-order chi connectivity index (χ1) is 15.6. The number of amides is 2. The van der Waals surface area contributed by atoms with E-state index in [-0.39, 0.29) is 23.9 Å². The molecule has 0 aliphatic carbocycles. The molecule has 1 atom stereocenters. The smallest absolute Gasteiger partial charge is 0.243 e. The molecule has 2 aromatic carbocycles. The number of aryl methyl sites for hydroxylation is 1. The van der Waals surface area contributed by atoms with Gasteiger partial charge in [0, 0.05) is 20.1 Å². The normalized spacial score (nSPS) is 12.3. The molecule has 1 N–H and O–H groups in total. The lowest BCUT2D eigenvalue weighted by Gasteiger charge is -2.32. The lowest BCUT2D eigenvalue weighted by molar-refractivity contribution is -0.141. The number of sulfonamides is 1. The average molecular weight is 476 g/mol. The zero-order valence-corrected chi connectivity index (χ0v) is 20.7.